The number of aromatic nitrogens is 1. The molecule has 2 aliphatic heterocycles. The number of benzene rings is 1. The van der Waals surface area contributed by atoms with Crippen LogP contribution in [0.5, 0.6) is 0 Å². The molecule has 1 amide bonds. The van der Waals surface area contributed by atoms with E-state index in [0.29, 0.717) is 6.54 Å². The van der Waals surface area contributed by atoms with Crippen molar-refractivity contribution in [1.29, 1.82) is 0 Å². The minimum atomic E-state index is 0.0706. The first-order valence-electron chi connectivity index (χ1n) is 11.4. The Hall–Kier alpha value is -2.40. The van der Waals surface area contributed by atoms with Crippen LogP contribution in [0, 0.1) is 0 Å². The van der Waals surface area contributed by atoms with Crippen molar-refractivity contribution in [3.63, 3.8) is 0 Å². The van der Waals surface area contributed by atoms with Gasteiger partial charge in [-0.3, -0.25) is 9.78 Å². The van der Waals surface area contributed by atoms with Crippen molar-refractivity contribution < 1.29 is 4.79 Å². The molecule has 0 saturated carbocycles. The van der Waals surface area contributed by atoms with Crippen LogP contribution in [0.3, 0.4) is 0 Å². The summed E-state index contributed by atoms with van der Waals surface area (Å²) in [4.78, 5) is 24.1. The van der Waals surface area contributed by atoms with E-state index in [9.17, 15) is 4.79 Å². The molecule has 160 valence electrons. The van der Waals surface area contributed by atoms with Crippen LogP contribution in [0.4, 0.5) is 5.69 Å². The standard InChI is InChI=1S/C25H34N4O/c1-27(18-12-22-7-3-4-15-26-22)25(30)21-8-10-23(11-9-21)29-19-13-24(14-20-29)28-16-5-2-6-17-28/h3-4,7-11,15,24H,2,5-6,12-14,16-20H2,1H3. The molecule has 0 bridgehead atoms. The molecule has 5 nitrogen and oxygen atoms in total. The molecule has 1 aromatic heterocycles. The van der Waals surface area contributed by atoms with Gasteiger partial charge in [-0.2, -0.15) is 0 Å². The van der Waals surface area contributed by atoms with Gasteiger partial charge in [0.2, 0.25) is 0 Å². The summed E-state index contributed by atoms with van der Waals surface area (Å²) in [7, 11) is 1.87. The first kappa shape index (κ1) is 20.9. The van der Waals surface area contributed by atoms with E-state index < -0.39 is 0 Å². The van der Waals surface area contributed by atoms with E-state index in [1.54, 1.807) is 11.1 Å². The van der Waals surface area contributed by atoms with E-state index >= 15 is 0 Å². The molecule has 0 spiro atoms. The zero-order chi connectivity index (χ0) is 20.8. The second-order valence-corrected chi connectivity index (χ2v) is 8.66. The van der Waals surface area contributed by atoms with E-state index in [-0.39, 0.29) is 5.91 Å². The average molecular weight is 407 g/mol. The van der Waals surface area contributed by atoms with Crippen LogP contribution in [0.2, 0.25) is 0 Å². The van der Waals surface area contributed by atoms with Crippen LogP contribution in [-0.2, 0) is 6.42 Å². The average Bonchev–Trinajstić information content (AvgIpc) is 2.83. The molecular weight excluding hydrogens is 372 g/mol. The van der Waals surface area contributed by atoms with Crippen LogP contribution in [0.1, 0.15) is 48.2 Å². The Kier molecular flexibility index (Phi) is 7.00. The second kappa shape index (κ2) is 10.1. The van der Waals surface area contributed by atoms with Crippen molar-refractivity contribution >= 4 is 11.6 Å². The Labute approximate surface area is 180 Å². The maximum atomic E-state index is 12.8. The number of likely N-dealkylation sites (tertiary alicyclic amines) is 1. The number of hydrogen-bond acceptors (Lipinski definition) is 4. The number of carbonyl (C=O) groups is 1. The van der Waals surface area contributed by atoms with Gasteiger partial charge in [0, 0.05) is 62.3 Å². The highest BCUT2D eigenvalue weighted by atomic mass is 16.2. The quantitative estimate of drug-likeness (QED) is 0.731. The number of piperidine rings is 2. The van der Waals surface area contributed by atoms with Crippen molar-refractivity contribution in [2.75, 3.05) is 44.7 Å². The molecule has 5 heteroatoms. The fourth-order valence-electron chi connectivity index (χ4n) is 4.74. The third-order valence-corrected chi connectivity index (χ3v) is 6.63. The van der Waals surface area contributed by atoms with Gasteiger partial charge < -0.3 is 14.7 Å². The molecule has 1 aromatic carbocycles. The summed E-state index contributed by atoms with van der Waals surface area (Å²) >= 11 is 0. The molecule has 4 rings (SSSR count). The van der Waals surface area contributed by atoms with Crippen LogP contribution < -0.4 is 4.90 Å². The lowest BCUT2D eigenvalue weighted by Gasteiger charge is -2.41. The number of pyridine rings is 1. The predicted octanol–water partition coefficient (Wildman–Crippen LogP) is 3.85. The van der Waals surface area contributed by atoms with Gasteiger partial charge >= 0.3 is 0 Å². The number of carbonyl (C=O) groups excluding carboxylic acids is 1. The fourth-order valence-corrected chi connectivity index (χ4v) is 4.74. The van der Waals surface area contributed by atoms with Crippen molar-refractivity contribution in [2.24, 2.45) is 0 Å². The maximum Gasteiger partial charge on any atom is 0.253 e. The van der Waals surface area contributed by atoms with Gasteiger partial charge in [0.25, 0.3) is 5.91 Å². The van der Waals surface area contributed by atoms with Crippen molar-refractivity contribution in [3.05, 3.63) is 59.9 Å². The molecule has 0 aliphatic carbocycles. The highest BCUT2D eigenvalue weighted by molar-refractivity contribution is 5.94. The van der Waals surface area contributed by atoms with Gasteiger partial charge in [-0.1, -0.05) is 12.5 Å². The topological polar surface area (TPSA) is 39.7 Å². The summed E-state index contributed by atoms with van der Waals surface area (Å²) < 4.78 is 0. The maximum absolute atomic E-state index is 12.8. The molecular formula is C25H34N4O. The molecule has 0 radical (unpaired) electrons. The molecule has 2 aliphatic rings. The van der Waals surface area contributed by atoms with Crippen LogP contribution in [-0.4, -0.2) is 66.5 Å². The van der Waals surface area contributed by atoms with E-state index in [2.05, 4.69) is 26.9 Å². The first-order valence-corrected chi connectivity index (χ1v) is 11.4. The Bertz CT molecular complexity index is 794. The summed E-state index contributed by atoms with van der Waals surface area (Å²) in [6.07, 6.45) is 9.20. The normalized spacial score (nSPS) is 18.4. The van der Waals surface area contributed by atoms with E-state index in [1.807, 2.05) is 37.4 Å². The summed E-state index contributed by atoms with van der Waals surface area (Å²) in [6, 6.07) is 14.8. The summed E-state index contributed by atoms with van der Waals surface area (Å²) in [5.41, 5.74) is 3.01. The van der Waals surface area contributed by atoms with Crippen molar-refractivity contribution in [3.8, 4) is 0 Å². The van der Waals surface area contributed by atoms with Crippen molar-refractivity contribution in [2.45, 2.75) is 44.6 Å². The molecule has 30 heavy (non-hydrogen) atoms. The number of amides is 1. The molecule has 2 saturated heterocycles. The minimum Gasteiger partial charge on any atom is -0.371 e. The fraction of sp³-hybridized carbons (Fsp3) is 0.520. The summed E-state index contributed by atoms with van der Waals surface area (Å²) in [6.45, 7) is 5.46. The number of nitrogens with zero attached hydrogens (tertiary/aromatic N) is 4. The van der Waals surface area contributed by atoms with Gasteiger partial charge in [-0.25, -0.2) is 0 Å². The van der Waals surface area contributed by atoms with Crippen LogP contribution in [0.25, 0.3) is 0 Å². The molecule has 2 fully saturated rings. The third-order valence-electron chi connectivity index (χ3n) is 6.63. The highest BCUT2D eigenvalue weighted by Crippen LogP contribution is 2.25. The molecule has 0 unspecified atom stereocenters. The van der Waals surface area contributed by atoms with Crippen molar-refractivity contribution in [1.82, 2.24) is 14.8 Å². The molecule has 0 atom stereocenters. The Morgan fingerprint density at radius 1 is 1.00 bits per heavy atom. The Balaban J connectivity index is 1.27. The van der Waals surface area contributed by atoms with Crippen LogP contribution in [0.15, 0.2) is 48.7 Å². The molecule has 0 N–H and O–H groups in total. The van der Waals surface area contributed by atoms with E-state index in [1.165, 1.54) is 50.9 Å². The van der Waals surface area contributed by atoms with Gasteiger partial charge in [-0.15, -0.1) is 0 Å². The van der Waals surface area contributed by atoms with Crippen LogP contribution >= 0.6 is 0 Å². The van der Waals surface area contributed by atoms with Gasteiger partial charge in [0.05, 0.1) is 0 Å². The zero-order valence-electron chi connectivity index (χ0n) is 18.2. The largest absolute Gasteiger partial charge is 0.371 e. The van der Waals surface area contributed by atoms with E-state index in [4.69, 9.17) is 0 Å². The Morgan fingerprint density at radius 2 is 1.73 bits per heavy atom. The highest BCUT2D eigenvalue weighted by Gasteiger charge is 2.25. The zero-order valence-corrected chi connectivity index (χ0v) is 18.2. The number of rotatable bonds is 6. The minimum absolute atomic E-state index is 0.0706. The predicted molar refractivity (Wildman–Crippen MR) is 122 cm³/mol. The lowest BCUT2D eigenvalue weighted by atomic mass is 9.99. The monoisotopic (exact) mass is 406 g/mol. The van der Waals surface area contributed by atoms with Gasteiger partial charge in [-0.05, 0) is 75.2 Å². The lowest BCUT2D eigenvalue weighted by molar-refractivity contribution is 0.0796. The second-order valence-electron chi connectivity index (χ2n) is 8.66. The van der Waals surface area contributed by atoms with E-state index in [0.717, 1.165) is 36.8 Å². The number of hydrogen-bond donors (Lipinski definition) is 0. The first-order chi connectivity index (χ1) is 14.7. The smallest absolute Gasteiger partial charge is 0.253 e. The SMILES string of the molecule is CN(CCc1ccccn1)C(=O)c1ccc(N2CCC(N3CCCCC3)CC2)cc1. The number of likely N-dealkylation sites (N-methyl/N-ethyl adjacent to an activating group) is 1. The molecule has 3 heterocycles. The Morgan fingerprint density at radius 3 is 2.40 bits per heavy atom. The summed E-state index contributed by atoms with van der Waals surface area (Å²) in [5, 5.41) is 0. The summed E-state index contributed by atoms with van der Waals surface area (Å²) in [5.74, 6) is 0.0706. The third kappa shape index (κ3) is 5.20. The van der Waals surface area contributed by atoms with Gasteiger partial charge in [0.1, 0.15) is 0 Å². The molecule has 2 aromatic rings. The number of anilines is 1. The van der Waals surface area contributed by atoms with Gasteiger partial charge in [0.15, 0.2) is 0 Å². The lowest BCUT2D eigenvalue weighted by Crippen LogP contribution is -2.46.